The molecule has 2 aromatic rings. The first-order valence-corrected chi connectivity index (χ1v) is 7.26. The molecule has 0 amide bonds. The summed E-state index contributed by atoms with van der Waals surface area (Å²) in [4.78, 5) is 5.05. The Labute approximate surface area is 120 Å². The minimum Gasteiger partial charge on any atom is -0.280 e. The summed E-state index contributed by atoms with van der Waals surface area (Å²) in [5.74, 6) is 0. The molecule has 0 radical (unpaired) electrons. The fourth-order valence-corrected chi connectivity index (χ4v) is 4.52. The largest absolute Gasteiger partial charge is 0.280 e. The van der Waals surface area contributed by atoms with Crippen LogP contribution in [0, 0.1) is 5.41 Å². The number of aliphatic imine (C=N–C) groups is 1. The highest BCUT2D eigenvalue weighted by Crippen LogP contribution is 2.80. The molecule has 1 saturated carbocycles. The van der Waals surface area contributed by atoms with Gasteiger partial charge < -0.3 is 0 Å². The molecule has 20 heavy (non-hydrogen) atoms. The van der Waals surface area contributed by atoms with Crippen LogP contribution in [-0.2, 0) is 11.0 Å². The van der Waals surface area contributed by atoms with Crippen molar-refractivity contribution in [1.82, 2.24) is 0 Å². The molecule has 2 atom stereocenters. The number of benzene rings is 2. The predicted molar refractivity (Wildman–Crippen MR) is 83.3 cm³/mol. The lowest BCUT2D eigenvalue weighted by Crippen LogP contribution is -2.23. The number of rotatable bonds is 1. The molecule has 4 rings (SSSR count). The van der Waals surface area contributed by atoms with E-state index in [0.717, 1.165) is 0 Å². The van der Waals surface area contributed by atoms with Gasteiger partial charge in [0.2, 0.25) is 0 Å². The van der Waals surface area contributed by atoms with E-state index in [9.17, 15) is 0 Å². The van der Waals surface area contributed by atoms with Crippen molar-refractivity contribution in [2.75, 3.05) is 0 Å². The van der Waals surface area contributed by atoms with Gasteiger partial charge in [-0.05, 0) is 16.7 Å². The van der Waals surface area contributed by atoms with Gasteiger partial charge in [-0.15, -0.1) is 0 Å². The van der Waals surface area contributed by atoms with Crippen LogP contribution in [0.25, 0.3) is 0 Å². The van der Waals surface area contributed by atoms with Gasteiger partial charge in [0.25, 0.3) is 0 Å². The van der Waals surface area contributed by atoms with Crippen LogP contribution in [0.5, 0.6) is 0 Å². The highest BCUT2D eigenvalue weighted by atomic mass is 15.1. The molecule has 0 N–H and O–H groups in total. The van der Waals surface area contributed by atoms with Crippen molar-refractivity contribution in [1.29, 1.82) is 0 Å². The van der Waals surface area contributed by atoms with Gasteiger partial charge in [-0.2, -0.15) is 0 Å². The predicted octanol–water partition coefficient (Wildman–Crippen LogP) is 4.31. The van der Waals surface area contributed by atoms with E-state index >= 15 is 0 Å². The Bertz CT molecular complexity index is 714. The fourth-order valence-electron chi connectivity index (χ4n) is 4.52. The third-order valence-corrected chi connectivity index (χ3v) is 5.90. The number of hydrogen-bond donors (Lipinski definition) is 0. The van der Waals surface area contributed by atoms with Crippen molar-refractivity contribution < 1.29 is 0 Å². The van der Waals surface area contributed by atoms with Crippen LogP contribution in [0.1, 0.15) is 37.5 Å². The monoisotopic (exact) mass is 261 g/mol. The Kier molecular flexibility index (Phi) is 2.03. The van der Waals surface area contributed by atoms with Gasteiger partial charge in [0.1, 0.15) is 5.54 Å². The molecule has 2 aliphatic rings. The summed E-state index contributed by atoms with van der Waals surface area (Å²) >= 11 is 0. The first kappa shape index (κ1) is 11.9. The van der Waals surface area contributed by atoms with Crippen molar-refractivity contribution in [3.63, 3.8) is 0 Å². The molecule has 2 aromatic carbocycles. The van der Waals surface area contributed by atoms with Crippen molar-refractivity contribution in [2.45, 2.75) is 31.7 Å². The number of fused-ring (bicyclic) bond motifs is 3. The molecule has 0 bridgehead atoms. The minimum absolute atomic E-state index is 0.0761. The topological polar surface area (TPSA) is 12.4 Å². The molecule has 1 fully saturated rings. The summed E-state index contributed by atoms with van der Waals surface area (Å²) in [6.45, 7) is 7.06. The maximum absolute atomic E-state index is 5.05. The third-order valence-electron chi connectivity index (χ3n) is 5.90. The Morgan fingerprint density at radius 2 is 1.45 bits per heavy atom. The summed E-state index contributed by atoms with van der Waals surface area (Å²) in [5, 5.41) is 0. The van der Waals surface area contributed by atoms with E-state index in [-0.39, 0.29) is 16.4 Å². The zero-order valence-corrected chi connectivity index (χ0v) is 12.2. The molecule has 1 heterocycles. The minimum atomic E-state index is -0.115. The SMILES string of the molecule is CC1(C)C2(C)c3ccccc3C=NC12c1ccccc1. The number of hydrogen-bond acceptors (Lipinski definition) is 1. The Morgan fingerprint density at radius 3 is 2.20 bits per heavy atom. The molecule has 0 saturated heterocycles. The summed E-state index contributed by atoms with van der Waals surface area (Å²) in [6.07, 6.45) is 2.07. The summed E-state index contributed by atoms with van der Waals surface area (Å²) in [5.41, 5.74) is 4.13. The molecular weight excluding hydrogens is 242 g/mol. The van der Waals surface area contributed by atoms with Gasteiger partial charge in [-0.25, -0.2) is 0 Å². The van der Waals surface area contributed by atoms with E-state index in [2.05, 4.69) is 81.6 Å². The molecule has 1 aliphatic carbocycles. The normalized spacial score (nSPS) is 32.4. The summed E-state index contributed by atoms with van der Waals surface area (Å²) < 4.78 is 0. The lowest BCUT2D eigenvalue weighted by Gasteiger charge is -2.25. The van der Waals surface area contributed by atoms with Gasteiger partial charge in [0.05, 0.1) is 0 Å². The van der Waals surface area contributed by atoms with Crippen molar-refractivity contribution in [3.8, 4) is 0 Å². The molecule has 1 nitrogen and oxygen atoms in total. The molecule has 2 unspecified atom stereocenters. The van der Waals surface area contributed by atoms with E-state index in [4.69, 9.17) is 4.99 Å². The zero-order chi connectivity index (χ0) is 14.0. The highest BCUT2D eigenvalue weighted by molar-refractivity contribution is 5.87. The second kappa shape index (κ2) is 3.41. The van der Waals surface area contributed by atoms with E-state index < -0.39 is 0 Å². The third kappa shape index (κ3) is 1.02. The average molecular weight is 261 g/mol. The molecular formula is C19H19N. The Hall–Kier alpha value is -1.89. The first-order chi connectivity index (χ1) is 9.56. The lowest BCUT2D eigenvalue weighted by molar-refractivity contribution is 0.504. The Balaban J connectivity index is 2.01. The number of nitrogens with zero attached hydrogens (tertiary/aromatic N) is 1. The average Bonchev–Trinajstić information content (AvgIpc) is 2.90. The summed E-state index contributed by atoms with van der Waals surface area (Å²) in [6, 6.07) is 19.4. The van der Waals surface area contributed by atoms with Crippen molar-refractivity contribution in [3.05, 3.63) is 71.3 Å². The zero-order valence-electron chi connectivity index (χ0n) is 12.2. The van der Waals surface area contributed by atoms with E-state index in [1.54, 1.807) is 0 Å². The smallest absolute Gasteiger partial charge is 0.102 e. The highest BCUT2D eigenvalue weighted by Gasteiger charge is 2.82. The maximum atomic E-state index is 5.05. The van der Waals surface area contributed by atoms with Gasteiger partial charge >= 0.3 is 0 Å². The van der Waals surface area contributed by atoms with Crippen LogP contribution in [0.4, 0.5) is 0 Å². The summed E-state index contributed by atoms with van der Waals surface area (Å²) in [7, 11) is 0. The van der Waals surface area contributed by atoms with Gasteiger partial charge in [-0.3, -0.25) is 4.99 Å². The molecule has 1 aliphatic heterocycles. The van der Waals surface area contributed by atoms with Gasteiger partial charge in [-0.1, -0.05) is 75.4 Å². The van der Waals surface area contributed by atoms with E-state index in [0.29, 0.717) is 0 Å². The van der Waals surface area contributed by atoms with Crippen LogP contribution in [0.3, 0.4) is 0 Å². The van der Waals surface area contributed by atoms with Crippen LogP contribution < -0.4 is 0 Å². The van der Waals surface area contributed by atoms with E-state index in [1.807, 2.05) is 0 Å². The van der Waals surface area contributed by atoms with Crippen molar-refractivity contribution >= 4 is 6.21 Å². The van der Waals surface area contributed by atoms with Crippen LogP contribution in [0.15, 0.2) is 59.6 Å². The lowest BCUT2D eigenvalue weighted by atomic mass is 9.83. The van der Waals surface area contributed by atoms with E-state index in [1.165, 1.54) is 16.7 Å². The van der Waals surface area contributed by atoms with Crippen LogP contribution in [0.2, 0.25) is 0 Å². The standard InChI is InChI=1S/C19H19N/c1-17(2)18(3)16-12-8-7-9-14(16)13-20-19(17,18)15-10-5-4-6-11-15/h4-13H,1-3H3. The second-order valence-corrected chi connectivity index (χ2v) is 6.67. The molecule has 100 valence electrons. The molecule has 0 spiro atoms. The molecule has 1 heteroatoms. The first-order valence-electron chi connectivity index (χ1n) is 7.26. The van der Waals surface area contributed by atoms with Gasteiger partial charge in [0, 0.05) is 17.0 Å². The van der Waals surface area contributed by atoms with Crippen LogP contribution >= 0.6 is 0 Å². The fraction of sp³-hybridized carbons (Fsp3) is 0.316. The maximum Gasteiger partial charge on any atom is 0.102 e. The Morgan fingerprint density at radius 1 is 0.800 bits per heavy atom. The second-order valence-electron chi connectivity index (χ2n) is 6.67. The van der Waals surface area contributed by atoms with Crippen molar-refractivity contribution in [2.24, 2.45) is 10.4 Å². The van der Waals surface area contributed by atoms with Gasteiger partial charge in [0.15, 0.2) is 0 Å². The molecule has 0 aromatic heterocycles. The van der Waals surface area contributed by atoms with Crippen LogP contribution in [-0.4, -0.2) is 6.21 Å². The quantitative estimate of drug-likeness (QED) is 0.725.